The molecule has 0 saturated carbocycles. The van der Waals surface area contributed by atoms with Crippen molar-refractivity contribution in [3.05, 3.63) is 77.9 Å². The summed E-state index contributed by atoms with van der Waals surface area (Å²) in [6, 6.07) is 21.7. The molecule has 0 aliphatic heterocycles. The first kappa shape index (κ1) is 18.5. The van der Waals surface area contributed by atoms with Crippen LogP contribution in [0.2, 0.25) is 0 Å². The number of hydrogen-bond acceptors (Lipinski definition) is 5. The van der Waals surface area contributed by atoms with Crippen LogP contribution in [0.4, 0.5) is 28.4 Å². The Labute approximate surface area is 160 Å². The van der Waals surface area contributed by atoms with E-state index in [0.29, 0.717) is 0 Å². The highest BCUT2D eigenvalue weighted by Crippen LogP contribution is 2.27. The quantitative estimate of drug-likeness (QED) is 0.445. The lowest BCUT2D eigenvalue weighted by Gasteiger charge is -2.11. The van der Waals surface area contributed by atoms with Gasteiger partial charge in [0, 0.05) is 19.8 Å². The smallest absolute Gasteiger partial charge is 0.0887 e. The fraction of sp³-hybridized carbons (Fsp3) is 0.182. The average Bonchev–Trinajstić information content (AvgIpc) is 2.67. The largest absolute Gasteiger partial charge is 0.378 e. The summed E-state index contributed by atoms with van der Waals surface area (Å²) < 4.78 is 0. The Morgan fingerprint density at radius 3 is 1.70 bits per heavy atom. The molecule has 0 N–H and O–H groups in total. The number of nitrogens with zero attached hydrogens (tertiary/aromatic N) is 5. The molecule has 27 heavy (non-hydrogen) atoms. The van der Waals surface area contributed by atoms with Crippen molar-refractivity contribution in [2.75, 3.05) is 19.0 Å². The molecule has 0 atom stereocenters. The Morgan fingerprint density at radius 2 is 1.11 bits per heavy atom. The van der Waals surface area contributed by atoms with Gasteiger partial charge in [-0.3, -0.25) is 0 Å². The standard InChI is InChI=1S/C22H23N5/c1-16-5-7-18(8-6-16)24-26-22-14-11-20(15-17(22)2)25-23-19-9-12-21(13-10-19)27(3)4/h5-15H,1-4H3/b25-23+,26-24+. The fourth-order valence-electron chi connectivity index (χ4n) is 2.47. The third kappa shape index (κ3) is 5.07. The van der Waals surface area contributed by atoms with Gasteiger partial charge in [0.1, 0.15) is 0 Å². The maximum atomic E-state index is 4.34. The molecule has 0 heterocycles. The minimum atomic E-state index is 0.790. The average molecular weight is 357 g/mol. The third-order valence-corrected chi connectivity index (χ3v) is 4.13. The first-order valence-electron chi connectivity index (χ1n) is 8.79. The molecule has 0 spiro atoms. The summed E-state index contributed by atoms with van der Waals surface area (Å²) in [6.07, 6.45) is 0. The van der Waals surface area contributed by atoms with Gasteiger partial charge in [0.25, 0.3) is 0 Å². The van der Waals surface area contributed by atoms with Crippen LogP contribution in [0.1, 0.15) is 11.1 Å². The summed E-state index contributed by atoms with van der Waals surface area (Å²) in [5.41, 5.74) is 6.62. The van der Waals surface area contributed by atoms with E-state index in [0.717, 1.165) is 34.0 Å². The van der Waals surface area contributed by atoms with Crippen LogP contribution in [0.15, 0.2) is 87.2 Å². The van der Waals surface area contributed by atoms with Crippen molar-refractivity contribution >= 4 is 28.4 Å². The van der Waals surface area contributed by atoms with Gasteiger partial charge in [-0.2, -0.15) is 20.5 Å². The second-order valence-corrected chi connectivity index (χ2v) is 6.62. The van der Waals surface area contributed by atoms with Gasteiger partial charge in [0.2, 0.25) is 0 Å². The normalized spacial score (nSPS) is 11.4. The summed E-state index contributed by atoms with van der Waals surface area (Å²) in [7, 11) is 4.02. The molecule has 3 aromatic carbocycles. The maximum absolute atomic E-state index is 4.34. The van der Waals surface area contributed by atoms with E-state index in [4.69, 9.17) is 0 Å². The van der Waals surface area contributed by atoms with Crippen molar-refractivity contribution in [3.8, 4) is 0 Å². The molecule has 0 fully saturated rings. The molecule has 0 saturated heterocycles. The van der Waals surface area contributed by atoms with Crippen LogP contribution in [0, 0.1) is 13.8 Å². The number of anilines is 1. The zero-order chi connectivity index (χ0) is 19.2. The van der Waals surface area contributed by atoms with Crippen LogP contribution in [-0.4, -0.2) is 14.1 Å². The highest BCUT2D eigenvalue weighted by atomic mass is 15.1. The second kappa shape index (κ2) is 8.36. The second-order valence-electron chi connectivity index (χ2n) is 6.62. The van der Waals surface area contributed by atoms with E-state index in [1.165, 1.54) is 5.56 Å². The van der Waals surface area contributed by atoms with E-state index in [9.17, 15) is 0 Å². The van der Waals surface area contributed by atoms with Gasteiger partial charge in [-0.25, -0.2) is 0 Å². The van der Waals surface area contributed by atoms with Gasteiger partial charge in [-0.15, -0.1) is 0 Å². The highest BCUT2D eigenvalue weighted by Gasteiger charge is 2.00. The number of rotatable bonds is 5. The van der Waals surface area contributed by atoms with Crippen LogP contribution < -0.4 is 4.90 Å². The van der Waals surface area contributed by atoms with Gasteiger partial charge in [-0.05, 0) is 74.0 Å². The first-order valence-corrected chi connectivity index (χ1v) is 8.79. The van der Waals surface area contributed by atoms with E-state index < -0.39 is 0 Å². The van der Waals surface area contributed by atoms with E-state index in [-0.39, 0.29) is 0 Å². The molecule has 0 aliphatic carbocycles. The number of azo groups is 2. The maximum Gasteiger partial charge on any atom is 0.0887 e. The Hall–Kier alpha value is -3.34. The molecule has 0 bridgehead atoms. The molecule has 3 aromatic rings. The van der Waals surface area contributed by atoms with E-state index in [1.54, 1.807) is 0 Å². The molecule has 0 amide bonds. The SMILES string of the molecule is Cc1ccc(/N=N/c2ccc(/N=N/c3ccc(N(C)C)cc3)cc2C)cc1. The van der Waals surface area contributed by atoms with Crippen molar-refractivity contribution in [2.45, 2.75) is 13.8 Å². The van der Waals surface area contributed by atoms with Crippen molar-refractivity contribution < 1.29 is 0 Å². The van der Waals surface area contributed by atoms with Gasteiger partial charge in [0.05, 0.1) is 22.7 Å². The van der Waals surface area contributed by atoms with Gasteiger partial charge in [0.15, 0.2) is 0 Å². The van der Waals surface area contributed by atoms with Crippen molar-refractivity contribution in [1.82, 2.24) is 0 Å². The molecule has 0 unspecified atom stereocenters. The Kier molecular flexibility index (Phi) is 5.71. The molecule has 3 rings (SSSR count). The number of aryl methyl sites for hydroxylation is 2. The Morgan fingerprint density at radius 1 is 0.593 bits per heavy atom. The molecule has 5 nitrogen and oxygen atoms in total. The topological polar surface area (TPSA) is 52.7 Å². The Balaban J connectivity index is 1.71. The van der Waals surface area contributed by atoms with E-state index in [2.05, 4.69) is 27.4 Å². The Bertz CT molecular complexity index is 955. The minimum absolute atomic E-state index is 0.790. The highest BCUT2D eigenvalue weighted by molar-refractivity contribution is 5.55. The zero-order valence-electron chi connectivity index (χ0n) is 16.1. The molecule has 136 valence electrons. The van der Waals surface area contributed by atoms with Crippen LogP contribution >= 0.6 is 0 Å². The van der Waals surface area contributed by atoms with E-state index in [1.807, 2.05) is 92.6 Å². The third-order valence-electron chi connectivity index (χ3n) is 4.13. The zero-order valence-corrected chi connectivity index (χ0v) is 16.1. The lowest BCUT2D eigenvalue weighted by Crippen LogP contribution is -2.07. The predicted octanol–water partition coefficient (Wildman–Crippen LogP) is 7.20. The molecule has 0 aromatic heterocycles. The molecule has 0 radical (unpaired) electrons. The van der Waals surface area contributed by atoms with Crippen molar-refractivity contribution in [2.24, 2.45) is 20.5 Å². The molecular formula is C22H23N5. The molecule has 5 heteroatoms. The summed E-state index contributed by atoms with van der Waals surface area (Å²) >= 11 is 0. The summed E-state index contributed by atoms with van der Waals surface area (Å²) in [5.74, 6) is 0. The minimum Gasteiger partial charge on any atom is -0.378 e. The summed E-state index contributed by atoms with van der Waals surface area (Å²) in [5, 5.41) is 17.3. The first-order chi connectivity index (χ1) is 13.0. The molecule has 0 aliphatic rings. The van der Waals surface area contributed by atoms with Gasteiger partial charge in [-0.1, -0.05) is 17.7 Å². The van der Waals surface area contributed by atoms with Crippen molar-refractivity contribution in [3.63, 3.8) is 0 Å². The predicted molar refractivity (Wildman–Crippen MR) is 111 cm³/mol. The summed E-state index contributed by atoms with van der Waals surface area (Å²) in [6.45, 7) is 4.04. The fourth-order valence-corrected chi connectivity index (χ4v) is 2.47. The lowest BCUT2D eigenvalue weighted by atomic mass is 10.2. The van der Waals surface area contributed by atoms with Crippen molar-refractivity contribution in [1.29, 1.82) is 0 Å². The van der Waals surface area contributed by atoms with Gasteiger partial charge < -0.3 is 4.90 Å². The molecular weight excluding hydrogens is 334 g/mol. The summed E-state index contributed by atoms with van der Waals surface area (Å²) in [4.78, 5) is 2.05. The van der Waals surface area contributed by atoms with Crippen LogP contribution in [0.25, 0.3) is 0 Å². The van der Waals surface area contributed by atoms with E-state index >= 15 is 0 Å². The van der Waals surface area contributed by atoms with Crippen LogP contribution in [0.3, 0.4) is 0 Å². The number of hydrogen-bond donors (Lipinski definition) is 0. The van der Waals surface area contributed by atoms with Crippen LogP contribution in [0.5, 0.6) is 0 Å². The van der Waals surface area contributed by atoms with Gasteiger partial charge >= 0.3 is 0 Å². The number of benzene rings is 3. The monoisotopic (exact) mass is 357 g/mol. The lowest BCUT2D eigenvalue weighted by molar-refractivity contribution is 1.13. The van der Waals surface area contributed by atoms with Crippen LogP contribution in [-0.2, 0) is 0 Å².